The monoisotopic (exact) mass is 277 g/mol. The van der Waals surface area contributed by atoms with E-state index in [-0.39, 0.29) is 0 Å². The van der Waals surface area contributed by atoms with Crippen molar-refractivity contribution in [1.29, 1.82) is 0 Å². The van der Waals surface area contributed by atoms with E-state index in [4.69, 9.17) is 0 Å². The minimum atomic E-state index is 0.772. The first-order chi connectivity index (χ1) is 9.25. The SMILES string of the molecule is Cc1cccc(CSCCNC2CCCCC2C)c1. The van der Waals surface area contributed by atoms with Gasteiger partial charge in [-0.1, -0.05) is 49.6 Å². The van der Waals surface area contributed by atoms with Gasteiger partial charge in [-0.05, 0) is 31.2 Å². The van der Waals surface area contributed by atoms with Crippen LogP contribution in [0.1, 0.15) is 43.7 Å². The molecule has 2 rings (SSSR count). The molecule has 1 aromatic rings. The third-order valence-corrected chi connectivity index (χ3v) is 5.15. The van der Waals surface area contributed by atoms with Gasteiger partial charge in [0.25, 0.3) is 0 Å². The molecular weight excluding hydrogens is 250 g/mol. The predicted octanol–water partition coefficient (Wildman–Crippen LogP) is 4.40. The molecular formula is C17H27NS. The smallest absolute Gasteiger partial charge is 0.0185 e. The maximum atomic E-state index is 3.75. The van der Waals surface area contributed by atoms with Gasteiger partial charge in [-0.15, -0.1) is 0 Å². The second-order valence-corrected chi connectivity index (χ2v) is 6.97. The second-order valence-electron chi connectivity index (χ2n) is 5.86. The van der Waals surface area contributed by atoms with E-state index in [1.54, 1.807) is 0 Å². The first-order valence-electron chi connectivity index (χ1n) is 7.62. The number of hydrogen-bond acceptors (Lipinski definition) is 2. The van der Waals surface area contributed by atoms with E-state index in [9.17, 15) is 0 Å². The van der Waals surface area contributed by atoms with Gasteiger partial charge in [-0.25, -0.2) is 0 Å². The van der Waals surface area contributed by atoms with E-state index >= 15 is 0 Å². The van der Waals surface area contributed by atoms with Crippen molar-refractivity contribution in [2.75, 3.05) is 12.3 Å². The zero-order valence-corrected chi connectivity index (χ0v) is 13.1. The summed E-state index contributed by atoms with van der Waals surface area (Å²) in [6.07, 6.45) is 5.64. The summed E-state index contributed by atoms with van der Waals surface area (Å²) >= 11 is 2.04. The van der Waals surface area contributed by atoms with Crippen LogP contribution in [0.4, 0.5) is 0 Å². The van der Waals surface area contributed by atoms with Gasteiger partial charge in [0, 0.05) is 24.1 Å². The predicted molar refractivity (Wildman–Crippen MR) is 86.8 cm³/mol. The number of thioether (sulfide) groups is 1. The number of benzene rings is 1. The first-order valence-corrected chi connectivity index (χ1v) is 8.78. The molecule has 1 aliphatic rings. The molecule has 1 aliphatic carbocycles. The Hall–Kier alpha value is -0.470. The van der Waals surface area contributed by atoms with Crippen molar-refractivity contribution >= 4 is 11.8 Å². The molecule has 1 saturated carbocycles. The van der Waals surface area contributed by atoms with Gasteiger partial charge >= 0.3 is 0 Å². The van der Waals surface area contributed by atoms with Gasteiger partial charge < -0.3 is 5.32 Å². The second kappa shape index (κ2) is 7.96. The molecule has 1 aromatic carbocycles. The summed E-state index contributed by atoms with van der Waals surface area (Å²) in [5.74, 6) is 3.23. The van der Waals surface area contributed by atoms with Crippen LogP contribution in [0.5, 0.6) is 0 Å². The van der Waals surface area contributed by atoms with Crippen LogP contribution < -0.4 is 5.32 Å². The van der Waals surface area contributed by atoms with Crippen LogP contribution >= 0.6 is 11.8 Å². The van der Waals surface area contributed by atoms with Crippen molar-refractivity contribution in [2.45, 2.75) is 51.3 Å². The lowest BCUT2D eigenvalue weighted by Crippen LogP contribution is -2.38. The van der Waals surface area contributed by atoms with Crippen LogP contribution in [0.3, 0.4) is 0 Å². The molecule has 0 aromatic heterocycles. The summed E-state index contributed by atoms with van der Waals surface area (Å²) in [5.41, 5.74) is 2.82. The van der Waals surface area contributed by atoms with Gasteiger partial charge in [0.2, 0.25) is 0 Å². The Morgan fingerprint density at radius 2 is 2.11 bits per heavy atom. The van der Waals surface area contributed by atoms with Crippen LogP contribution in [0.2, 0.25) is 0 Å². The van der Waals surface area contributed by atoms with Crippen molar-refractivity contribution in [3.8, 4) is 0 Å². The maximum absolute atomic E-state index is 3.75. The van der Waals surface area contributed by atoms with Crippen molar-refractivity contribution in [2.24, 2.45) is 5.92 Å². The third-order valence-electron chi connectivity index (χ3n) is 4.12. The Bertz CT molecular complexity index is 377. The molecule has 0 spiro atoms. The molecule has 2 heteroatoms. The number of aryl methyl sites for hydroxylation is 1. The van der Waals surface area contributed by atoms with Crippen molar-refractivity contribution < 1.29 is 0 Å². The normalized spacial score (nSPS) is 23.5. The Kier molecular flexibility index (Phi) is 6.25. The molecule has 19 heavy (non-hydrogen) atoms. The summed E-state index contributed by atoms with van der Waals surface area (Å²) in [6.45, 7) is 5.72. The minimum Gasteiger partial charge on any atom is -0.313 e. The molecule has 1 N–H and O–H groups in total. The van der Waals surface area contributed by atoms with Crippen LogP contribution in [-0.2, 0) is 5.75 Å². The van der Waals surface area contributed by atoms with Gasteiger partial charge in [0.05, 0.1) is 0 Å². The van der Waals surface area contributed by atoms with E-state index in [1.165, 1.54) is 42.6 Å². The Balaban J connectivity index is 1.59. The Morgan fingerprint density at radius 3 is 2.89 bits per heavy atom. The largest absolute Gasteiger partial charge is 0.313 e. The van der Waals surface area contributed by atoms with Crippen LogP contribution in [0, 0.1) is 12.8 Å². The third kappa shape index (κ3) is 5.19. The van der Waals surface area contributed by atoms with E-state index in [0.29, 0.717) is 0 Å². The van der Waals surface area contributed by atoms with E-state index in [1.807, 2.05) is 11.8 Å². The molecule has 0 amide bonds. The quantitative estimate of drug-likeness (QED) is 0.774. The molecule has 0 bridgehead atoms. The first kappa shape index (κ1) is 14.9. The highest BCUT2D eigenvalue weighted by molar-refractivity contribution is 7.98. The fourth-order valence-electron chi connectivity index (χ4n) is 2.93. The van der Waals surface area contributed by atoms with Crippen molar-refractivity contribution in [3.63, 3.8) is 0 Å². The lowest BCUT2D eigenvalue weighted by atomic mass is 9.86. The average Bonchev–Trinajstić information content (AvgIpc) is 2.40. The van der Waals surface area contributed by atoms with Crippen molar-refractivity contribution in [1.82, 2.24) is 5.32 Å². The Morgan fingerprint density at radius 1 is 1.26 bits per heavy atom. The molecule has 0 heterocycles. The summed E-state index contributed by atoms with van der Waals surface area (Å²) in [7, 11) is 0. The van der Waals surface area contributed by atoms with Crippen LogP contribution in [0.25, 0.3) is 0 Å². The standard InChI is InChI=1S/C17H27NS/c1-14-6-5-8-16(12-14)13-19-11-10-18-17-9-4-3-7-15(17)2/h5-6,8,12,15,17-18H,3-4,7,9-11,13H2,1-2H3. The zero-order valence-electron chi connectivity index (χ0n) is 12.3. The summed E-state index contributed by atoms with van der Waals surface area (Å²) in [5, 5.41) is 3.75. The molecule has 0 radical (unpaired) electrons. The maximum Gasteiger partial charge on any atom is 0.0185 e. The lowest BCUT2D eigenvalue weighted by Gasteiger charge is -2.29. The lowest BCUT2D eigenvalue weighted by molar-refractivity contribution is 0.285. The van der Waals surface area contributed by atoms with E-state index < -0.39 is 0 Å². The van der Waals surface area contributed by atoms with Crippen LogP contribution in [-0.4, -0.2) is 18.3 Å². The van der Waals surface area contributed by atoms with Gasteiger partial charge in [-0.3, -0.25) is 0 Å². The van der Waals surface area contributed by atoms with E-state index in [0.717, 1.165) is 24.3 Å². The Labute approximate surface area is 122 Å². The van der Waals surface area contributed by atoms with Crippen molar-refractivity contribution in [3.05, 3.63) is 35.4 Å². The van der Waals surface area contributed by atoms with Crippen LogP contribution in [0.15, 0.2) is 24.3 Å². The number of rotatable bonds is 6. The topological polar surface area (TPSA) is 12.0 Å². The van der Waals surface area contributed by atoms with Gasteiger partial charge in [0.1, 0.15) is 0 Å². The number of hydrogen-bond donors (Lipinski definition) is 1. The fourth-order valence-corrected chi connectivity index (χ4v) is 3.75. The van der Waals surface area contributed by atoms with E-state index in [2.05, 4.69) is 43.4 Å². The molecule has 0 saturated heterocycles. The molecule has 106 valence electrons. The highest BCUT2D eigenvalue weighted by Gasteiger charge is 2.19. The summed E-state index contributed by atoms with van der Waals surface area (Å²) in [6, 6.07) is 9.63. The molecule has 1 fully saturated rings. The average molecular weight is 277 g/mol. The molecule has 1 nitrogen and oxygen atoms in total. The highest BCUT2D eigenvalue weighted by Crippen LogP contribution is 2.23. The fraction of sp³-hybridized carbons (Fsp3) is 0.647. The number of nitrogens with one attached hydrogen (secondary N) is 1. The molecule has 0 aliphatic heterocycles. The molecule has 2 atom stereocenters. The van der Waals surface area contributed by atoms with Gasteiger partial charge in [-0.2, -0.15) is 11.8 Å². The minimum absolute atomic E-state index is 0.772. The molecule has 2 unspecified atom stereocenters. The summed E-state index contributed by atoms with van der Waals surface area (Å²) < 4.78 is 0. The summed E-state index contributed by atoms with van der Waals surface area (Å²) in [4.78, 5) is 0. The van der Waals surface area contributed by atoms with Gasteiger partial charge in [0.15, 0.2) is 0 Å². The zero-order chi connectivity index (χ0) is 13.5. The highest BCUT2D eigenvalue weighted by atomic mass is 32.2.